The largest absolute Gasteiger partial charge is 0.340 e. The van der Waals surface area contributed by atoms with Crippen molar-refractivity contribution in [2.24, 2.45) is 16.9 Å². The normalized spacial score (nSPS) is 28.0. The van der Waals surface area contributed by atoms with Crippen LogP contribution in [0.25, 0.3) is 0 Å². The van der Waals surface area contributed by atoms with Gasteiger partial charge in [-0.3, -0.25) is 4.79 Å². The molecule has 0 aromatic heterocycles. The van der Waals surface area contributed by atoms with Crippen molar-refractivity contribution < 1.29 is 4.79 Å². The number of carbonyl (C=O) groups is 1. The molecule has 1 heterocycles. The Morgan fingerprint density at radius 3 is 2.48 bits per heavy atom. The zero-order valence-electron chi connectivity index (χ0n) is 12.5. The molecule has 0 bridgehead atoms. The molecule has 1 aromatic rings. The molecular weight excluding hydrogens is 262 g/mol. The van der Waals surface area contributed by atoms with Crippen LogP contribution in [0.5, 0.6) is 0 Å². The van der Waals surface area contributed by atoms with Gasteiger partial charge in [-0.1, -0.05) is 43.2 Å². The molecule has 3 rings (SSSR count). The Balaban J connectivity index is 1.75. The van der Waals surface area contributed by atoms with E-state index < -0.39 is 0 Å². The van der Waals surface area contributed by atoms with E-state index in [-0.39, 0.29) is 23.3 Å². The van der Waals surface area contributed by atoms with Crippen LogP contribution >= 0.6 is 0 Å². The van der Waals surface area contributed by atoms with E-state index in [1.807, 2.05) is 23.1 Å². The highest BCUT2D eigenvalue weighted by Gasteiger charge is 2.45. The topological polar surface area (TPSA) is 72.4 Å². The average Bonchev–Trinajstić information content (AvgIpc) is 3.15. The predicted octanol–water partition coefficient (Wildman–Crippen LogP) is 1.46. The summed E-state index contributed by atoms with van der Waals surface area (Å²) in [5.74, 6) is 0.475. The number of rotatable bonds is 3. The highest BCUT2D eigenvalue weighted by molar-refractivity contribution is 5.83. The second kappa shape index (κ2) is 5.78. The first-order chi connectivity index (χ1) is 10.2. The molecule has 4 heteroatoms. The van der Waals surface area contributed by atoms with Gasteiger partial charge in [-0.05, 0) is 18.4 Å². The van der Waals surface area contributed by atoms with Crippen molar-refractivity contribution >= 4 is 5.91 Å². The highest BCUT2D eigenvalue weighted by Crippen LogP contribution is 2.40. The van der Waals surface area contributed by atoms with Gasteiger partial charge >= 0.3 is 0 Å². The number of hydrogen-bond donors (Lipinski definition) is 2. The van der Waals surface area contributed by atoms with Crippen LogP contribution in [0.1, 0.15) is 37.2 Å². The summed E-state index contributed by atoms with van der Waals surface area (Å²) in [5, 5.41) is 0. The summed E-state index contributed by atoms with van der Waals surface area (Å²) < 4.78 is 0. The summed E-state index contributed by atoms with van der Waals surface area (Å²) in [6, 6.07) is 10.3. The SMILES string of the molecule is NCC1(C(=O)N2C[C@@H](N)[C@H](c3ccccc3)C2)CCCC1. The van der Waals surface area contributed by atoms with Crippen molar-refractivity contribution in [3.8, 4) is 0 Å². The van der Waals surface area contributed by atoms with Gasteiger partial charge in [0, 0.05) is 31.6 Å². The van der Waals surface area contributed by atoms with Crippen LogP contribution in [0, 0.1) is 5.41 Å². The molecule has 1 saturated carbocycles. The van der Waals surface area contributed by atoms with Gasteiger partial charge in [0.15, 0.2) is 0 Å². The lowest BCUT2D eigenvalue weighted by atomic mass is 9.84. The van der Waals surface area contributed by atoms with Gasteiger partial charge in [0.05, 0.1) is 5.41 Å². The van der Waals surface area contributed by atoms with Crippen molar-refractivity contribution in [3.05, 3.63) is 35.9 Å². The van der Waals surface area contributed by atoms with Gasteiger partial charge < -0.3 is 16.4 Å². The summed E-state index contributed by atoms with van der Waals surface area (Å²) in [6.07, 6.45) is 4.10. The number of hydrogen-bond acceptors (Lipinski definition) is 3. The van der Waals surface area contributed by atoms with Crippen LogP contribution in [0.3, 0.4) is 0 Å². The molecule has 1 aliphatic heterocycles. The minimum atomic E-state index is -0.314. The summed E-state index contributed by atoms with van der Waals surface area (Å²) in [6.45, 7) is 1.85. The molecule has 4 nitrogen and oxygen atoms in total. The van der Waals surface area contributed by atoms with Crippen molar-refractivity contribution in [1.29, 1.82) is 0 Å². The molecule has 2 atom stereocenters. The summed E-state index contributed by atoms with van der Waals surface area (Å²) >= 11 is 0. The Bertz CT molecular complexity index is 496. The van der Waals surface area contributed by atoms with Gasteiger partial charge in [-0.2, -0.15) is 0 Å². The number of nitrogens with zero attached hydrogens (tertiary/aromatic N) is 1. The minimum absolute atomic E-state index is 0.0209. The van der Waals surface area contributed by atoms with E-state index in [1.165, 1.54) is 5.56 Å². The number of amides is 1. The third kappa shape index (κ3) is 2.58. The molecule has 21 heavy (non-hydrogen) atoms. The minimum Gasteiger partial charge on any atom is -0.340 e. The highest BCUT2D eigenvalue weighted by atomic mass is 16.2. The Kier molecular flexibility index (Phi) is 4.00. The maximum absolute atomic E-state index is 12.9. The van der Waals surface area contributed by atoms with Crippen molar-refractivity contribution in [1.82, 2.24) is 4.90 Å². The van der Waals surface area contributed by atoms with Gasteiger partial charge in [-0.15, -0.1) is 0 Å². The molecule has 2 fully saturated rings. The first-order valence-electron chi connectivity index (χ1n) is 7.96. The molecule has 0 spiro atoms. The molecule has 1 aromatic carbocycles. The number of carbonyl (C=O) groups excluding carboxylic acids is 1. The number of benzene rings is 1. The van der Waals surface area contributed by atoms with Gasteiger partial charge in [0.1, 0.15) is 0 Å². The average molecular weight is 287 g/mol. The van der Waals surface area contributed by atoms with E-state index in [0.717, 1.165) is 32.2 Å². The first-order valence-corrected chi connectivity index (χ1v) is 7.96. The van der Waals surface area contributed by atoms with Gasteiger partial charge in [-0.25, -0.2) is 0 Å². The number of likely N-dealkylation sites (tertiary alicyclic amines) is 1. The Labute approximate surface area is 126 Å². The van der Waals surface area contributed by atoms with Crippen LogP contribution in [0.15, 0.2) is 30.3 Å². The second-order valence-corrected chi connectivity index (χ2v) is 6.58. The van der Waals surface area contributed by atoms with E-state index in [2.05, 4.69) is 12.1 Å². The maximum Gasteiger partial charge on any atom is 0.230 e. The third-order valence-electron chi connectivity index (χ3n) is 5.29. The molecule has 0 radical (unpaired) electrons. The third-order valence-corrected chi connectivity index (χ3v) is 5.29. The van der Waals surface area contributed by atoms with E-state index in [1.54, 1.807) is 0 Å². The van der Waals surface area contributed by atoms with E-state index in [0.29, 0.717) is 13.1 Å². The fourth-order valence-corrected chi connectivity index (χ4v) is 3.94. The molecule has 1 aliphatic carbocycles. The molecule has 2 aliphatic rings. The molecular formula is C17H25N3O. The Hall–Kier alpha value is -1.39. The van der Waals surface area contributed by atoms with E-state index in [9.17, 15) is 4.79 Å². The van der Waals surface area contributed by atoms with Crippen LogP contribution in [-0.4, -0.2) is 36.5 Å². The fraction of sp³-hybridized carbons (Fsp3) is 0.588. The number of nitrogens with two attached hydrogens (primary N) is 2. The van der Waals surface area contributed by atoms with Crippen molar-refractivity contribution in [2.45, 2.75) is 37.6 Å². The Morgan fingerprint density at radius 2 is 1.86 bits per heavy atom. The summed E-state index contributed by atoms with van der Waals surface area (Å²) in [4.78, 5) is 14.9. The first kappa shape index (κ1) is 14.5. The van der Waals surface area contributed by atoms with E-state index in [4.69, 9.17) is 11.5 Å². The Morgan fingerprint density at radius 1 is 1.19 bits per heavy atom. The lowest BCUT2D eigenvalue weighted by molar-refractivity contribution is -0.140. The van der Waals surface area contributed by atoms with E-state index >= 15 is 0 Å². The standard InChI is InChI=1S/C17H25N3O/c18-12-17(8-4-5-9-17)16(21)20-10-14(15(19)11-20)13-6-2-1-3-7-13/h1-3,6-7,14-15H,4-5,8-12,18-19H2/t14-,15+/m0/s1. The second-order valence-electron chi connectivity index (χ2n) is 6.58. The van der Waals surface area contributed by atoms with Crippen molar-refractivity contribution in [2.75, 3.05) is 19.6 Å². The van der Waals surface area contributed by atoms with Crippen LogP contribution in [-0.2, 0) is 4.79 Å². The summed E-state index contributed by atoms with van der Waals surface area (Å²) in [7, 11) is 0. The van der Waals surface area contributed by atoms with Crippen LogP contribution in [0.2, 0.25) is 0 Å². The molecule has 1 amide bonds. The fourth-order valence-electron chi connectivity index (χ4n) is 3.94. The summed E-state index contributed by atoms with van der Waals surface area (Å²) in [5.41, 5.74) is 13.2. The lowest BCUT2D eigenvalue weighted by Crippen LogP contribution is -2.46. The van der Waals surface area contributed by atoms with Gasteiger partial charge in [0.2, 0.25) is 5.91 Å². The van der Waals surface area contributed by atoms with Crippen LogP contribution in [0.4, 0.5) is 0 Å². The molecule has 0 unspecified atom stereocenters. The quantitative estimate of drug-likeness (QED) is 0.884. The molecule has 1 saturated heterocycles. The predicted molar refractivity (Wildman–Crippen MR) is 83.7 cm³/mol. The maximum atomic E-state index is 12.9. The lowest BCUT2D eigenvalue weighted by Gasteiger charge is -2.31. The zero-order chi connectivity index (χ0) is 14.9. The van der Waals surface area contributed by atoms with Gasteiger partial charge in [0.25, 0.3) is 0 Å². The monoisotopic (exact) mass is 287 g/mol. The molecule has 114 valence electrons. The smallest absolute Gasteiger partial charge is 0.230 e. The zero-order valence-corrected chi connectivity index (χ0v) is 12.5. The molecule has 4 N–H and O–H groups in total. The van der Waals surface area contributed by atoms with Crippen molar-refractivity contribution in [3.63, 3.8) is 0 Å². The van der Waals surface area contributed by atoms with Crippen LogP contribution < -0.4 is 11.5 Å².